The standard InChI is InChI=1S/C15H21N3O2.2ClH/c1-11(18-8-6-16-7-9-18)15(20)17-14-5-3-4-13(10-14)12(2)19;;/h3-5,10-11,16H,6-9H2,1-2H3,(H,17,20);2*1H. The third-order valence-corrected chi connectivity index (χ3v) is 3.62. The van der Waals surface area contributed by atoms with Gasteiger partial charge in [-0.2, -0.15) is 0 Å². The molecule has 5 nitrogen and oxygen atoms in total. The second kappa shape index (κ2) is 9.79. The number of rotatable bonds is 4. The molecular formula is C15H23Cl2N3O2. The quantitative estimate of drug-likeness (QED) is 0.817. The summed E-state index contributed by atoms with van der Waals surface area (Å²) in [6, 6.07) is 6.87. The number of amides is 1. The topological polar surface area (TPSA) is 61.4 Å². The Morgan fingerprint density at radius 3 is 2.45 bits per heavy atom. The van der Waals surface area contributed by atoms with E-state index in [1.807, 2.05) is 6.92 Å². The van der Waals surface area contributed by atoms with Crippen molar-refractivity contribution in [3.8, 4) is 0 Å². The van der Waals surface area contributed by atoms with Gasteiger partial charge in [0.2, 0.25) is 5.91 Å². The molecule has 1 aromatic rings. The van der Waals surface area contributed by atoms with Crippen LogP contribution < -0.4 is 10.6 Å². The van der Waals surface area contributed by atoms with Gasteiger partial charge in [-0.15, -0.1) is 24.8 Å². The van der Waals surface area contributed by atoms with Crippen molar-refractivity contribution in [3.63, 3.8) is 0 Å². The molecule has 1 aliphatic rings. The lowest BCUT2D eigenvalue weighted by molar-refractivity contribution is -0.120. The molecule has 2 rings (SSSR count). The number of hydrogen-bond donors (Lipinski definition) is 2. The van der Waals surface area contributed by atoms with Crippen LogP contribution in [0.15, 0.2) is 24.3 Å². The fraction of sp³-hybridized carbons (Fsp3) is 0.467. The third kappa shape index (κ3) is 5.57. The largest absolute Gasteiger partial charge is 0.325 e. The number of ketones is 1. The molecule has 7 heteroatoms. The molecule has 1 unspecified atom stereocenters. The zero-order valence-corrected chi connectivity index (χ0v) is 14.4. The van der Waals surface area contributed by atoms with E-state index in [1.165, 1.54) is 6.92 Å². The van der Waals surface area contributed by atoms with Gasteiger partial charge in [-0.1, -0.05) is 12.1 Å². The van der Waals surface area contributed by atoms with Gasteiger partial charge in [-0.3, -0.25) is 14.5 Å². The molecule has 0 aromatic heterocycles. The van der Waals surface area contributed by atoms with Crippen LogP contribution in [0.1, 0.15) is 24.2 Å². The van der Waals surface area contributed by atoms with Gasteiger partial charge >= 0.3 is 0 Å². The summed E-state index contributed by atoms with van der Waals surface area (Å²) in [5.41, 5.74) is 1.28. The number of nitrogens with one attached hydrogen (secondary N) is 2. The van der Waals surface area contributed by atoms with Crippen LogP contribution in [0.5, 0.6) is 0 Å². The van der Waals surface area contributed by atoms with E-state index < -0.39 is 0 Å². The van der Waals surface area contributed by atoms with Gasteiger partial charge in [-0.25, -0.2) is 0 Å². The molecule has 0 radical (unpaired) electrons. The molecule has 0 saturated carbocycles. The summed E-state index contributed by atoms with van der Waals surface area (Å²) < 4.78 is 0. The van der Waals surface area contributed by atoms with Crippen LogP contribution in [-0.4, -0.2) is 48.8 Å². The number of anilines is 1. The normalized spacial score (nSPS) is 15.9. The van der Waals surface area contributed by atoms with E-state index in [0.717, 1.165) is 26.2 Å². The summed E-state index contributed by atoms with van der Waals surface area (Å²) in [5, 5.41) is 6.15. The number of carbonyl (C=O) groups is 2. The molecule has 1 atom stereocenters. The number of carbonyl (C=O) groups excluding carboxylic acids is 2. The summed E-state index contributed by atoms with van der Waals surface area (Å²) in [7, 11) is 0. The number of benzene rings is 1. The van der Waals surface area contributed by atoms with Crippen LogP contribution >= 0.6 is 24.8 Å². The van der Waals surface area contributed by atoms with Crippen LogP contribution in [0.3, 0.4) is 0 Å². The number of halogens is 2. The first kappa shape index (κ1) is 20.9. The van der Waals surface area contributed by atoms with Gasteiger partial charge in [0.1, 0.15) is 0 Å². The predicted molar refractivity (Wildman–Crippen MR) is 93.5 cm³/mol. The predicted octanol–water partition coefficient (Wildman–Crippen LogP) is 1.96. The second-order valence-electron chi connectivity index (χ2n) is 5.09. The summed E-state index contributed by atoms with van der Waals surface area (Å²) in [4.78, 5) is 25.7. The van der Waals surface area contributed by atoms with Crippen LogP contribution in [-0.2, 0) is 4.79 Å². The van der Waals surface area contributed by atoms with E-state index in [4.69, 9.17) is 0 Å². The lowest BCUT2D eigenvalue weighted by atomic mass is 10.1. The molecule has 0 aliphatic carbocycles. The minimum Gasteiger partial charge on any atom is -0.325 e. The highest BCUT2D eigenvalue weighted by Gasteiger charge is 2.22. The average molecular weight is 348 g/mol. The Kier molecular flexibility index (Phi) is 9.28. The Morgan fingerprint density at radius 1 is 1.23 bits per heavy atom. The molecule has 0 spiro atoms. The van der Waals surface area contributed by atoms with Gasteiger partial charge in [0.05, 0.1) is 6.04 Å². The highest BCUT2D eigenvalue weighted by atomic mass is 35.5. The summed E-state index contributed by atoms with van der Waals surface area (Å²) in [5.74, 6) is -0.0381. The highest BCUT2D eigenvalue weighted by molar-refractivity contribution is 5.98. The SMILES string of the molecule is CC(=O)c1cccc(NC(=O)C(C)N2CCNCC2)c1.Cl.Cl. The number of Topliss-reactive ketones (excluding diaryl/α,β-unsaturated/α-hetero) is 1. The first-order valence-electron chi connectivity index (χ1n) is 6.94. The van der Waals surface area contributed by atoms with E-state index in [0.29, 0.717) is 11.3 Å². The Hall–Kier alpha value is -1.14. The zero-order valence-electron chi connectivity index (χ0n) is 12.8. The summed E-state index contributed by atoms with van der Waals surface area (Å²) in [6.45, 7) is 7.01. The van der Waals surface area contributed by atoms with Gasteiger partial charge in [0, 0.05) is 37.4 Å². The van der Waals surface area contributed by atoms with Gasteiger partial charge in [0.25, 0.3) is 0 Å². The molecule has 2 N–H and O–H groups in total. The van der Waals surface area contributed by atoms with E-state index in [2.05, 4.69) is 15.5 Å². The van der Waals surface area contributed by atoms with Crippen LogP contribution in [0.25, 0.3) is 0 Å². The van der Waals surface area contributed by atoms with Gasteiger partial charge < -0.3 is 10.6 Å². The maximum absolute atomic E-state index is 12.2. The Morgan fingerprint density at radius 2 is 1.86 bits per heavy atom. The Labute approximate surface area is 143 Å². The minimum atomic E-state index is -0.168. The molecule has 0 bridgehead atoms. The van der Waals surface area contributed by atoms with Crippen molar-refractivity contribution in [3.05, 3.63) is 29.8 Å². The summed E-state index contributed by atoms with van der Waals surface area (Å²) >= 11 is 0. The fourth-order valence-electron chi connectivity index (χ4n) is 2.30. The number of hydrogen-bond acceptors (Lipinski definition) is 4. The molecule has 1 aromatic carbocycles. The van der Waals surface area contributed by atoms with Crippen molar-refractivity contribution in [1.29, 1.82) is 0 Å². The van der Waals surface area contributed by atoms with Crippen molar-refractivity contribution in [1.82, 2.24) is 10.2 Å². The first-order chi connectivity index (χ1) is 9.58. The Bertz CT molecular complexity index is 505. The van der Waals surface area contributed by atoms with Crippen molar-refractivity contribution in [2.75, 3.05) is 31.5 Å². The maximum Gasteiger partial charge on any atom is 0.241 e. The van der Waals surface area contributed by atoms with Crippen LogP contribution in [0, 0.1) is 0 Å². The van der Waals surface area contributed by atoms with E-state index in [-0.39, 0.29) is 42.5 Å². The van der Waals surface area contributed by atoms with Crippen molar-refractivity contribution < 1.29 is 9.59 Å². The first-order valence-corrected chi connectivity index (χ1v) is 6.94. The van der Waals surface area contributed by atoms with Crippen molar-refractivity contribution in [2.45, 2.75) is 19.9 Å². The molecule has 1 fully saturated rings. The van der Waals surface area contributed by atoms with Crippen molar-refractivity contribution in [2.24, 2.45) is 0 Å². The van der Waals surface area contributed by atoms with Gasteiger partial charge in [-0.05, 0) is 26.0 Å². The molecule has 1 heterocycles. The number of piperazine rings is 1. The lowest BCUT2D eigenvalue weighted by Crippen LogP contribution is -2.51. The number of nitrogens with zero attached hydrogens (tertiary/aromatic N) is 1. The molecule has 1 amide bonds. The van der Waals surface area contributed by atoms with Crippen LogP contribution in [0.2, 0.25) is 0 Å². The second-order valence-corrected chi connectivity index (χ2v) is 5.09. The average Bonchev–Trinajstić information content (AvgIpc) is 2.47. The molecule has 1 saturated heterocycles. The maximum atomic E-state index is 12.2. The molecule has 124 valence electrons. The lowest BCUT2D eigenvalue weighted by Gasteiger charge is -2.31. The molecular weight excluding hydrogens is 325 g/mol. The fourth-order valence-corrected chi connectivity index (χ4v) is 2.30. The smallest absolute Gasteiger partial charge is 0.241 e. The molecule has 1 aliphatic heterocycles. The van der Waals surface area contributed by atoms with Crippen LogP contribution in [0.4, 0.5) is 5.69 Å². The summed E-state index contributed by atoms with van der Waals surface area (Å²) in [6.07, 6.45) is 0. The zero-order chi connectivity index (χ0) is 14.5. The Balaban J connectivity index is 0.00000220. The monoisotopic (exact) mass is 347 g/mol. The van der Waals surface area contributed by atoms with E-state index in [1.54, 1.807) is 24.3 Å². The third-order valence-electron chi connectivity index (χ3n) is 3.62. The highest BCUT2D eigenvalue weighted by Crippen LogP contribution is 2.12. The van der Waals surface area contributed by atoms with E-state index in [9.17, 15) is 9.59 Å². The van der Waals surface area contributed by atoms with E-state index >= 15 is 0 Å². The molecule has 22 heavy (non-hydrogen) atoms. The van der Waals surface area contributed by atoms with Crippen molar-refractivity contribution >= 4 is 42.2 Å². The minimum absolute atomic E-state index is 0. The van der Waals surface area contributed by atoms with Gasteiger partial charge in [0.15, 0.2) is 5.78 Å².